The van der Waals surface area contributed by atoms with Gasteiger partial charge in [0.2, 0.25) is 5.82 Å². The Morgan fingerprint density at radius 3 is 2.92 bits per heavy atom. The second kappa shape index (κ2) is 7.58. The number of anilines is 1. The minimum atomic E-state index is -0.748. The fourth-order valence-electron chi connectivity index (χ4n) is 1.64. The predicted octanol–water partition coefficient (Wildman–Crippen LogP) is -1.27. The Hall–Kier alpha value is -3.63. The molecule has 126 valence electrons. The summed E-state index contributed by atoms with van der Waals surface area (Å²) in [5.41, 5.74) is 1.27. The number of hydrazone groups is 1. The van der Waals surface area contributed by atoms with Crippen molar-refractivity contribution >= 4 is 17.9 Å². The van der Waals surface area contributed by atoms with Gasteiger partial charge in [-0.3, -0.25) is 14.6 Å². The molecule has 0 atom stereocenters. The van der Waals surface area contributed by atoms with Crippen LogP contribution in [0.2, 0.25) is 0 Å². The van der Waals surface area contributed by atoms with Crippen molar-refractivity contribution in [2.75, 3.05) is 19.0 Å². The van der Waals surface area contributed by atoms with Crippen LogP contribution in [0.15, 0.2) is 32.9 Å². The molecule has 0 saturated heterocycles. The van der Waals surface area contributed by atoms with Crippen molar-refractivity contribution in [3.05, 3.63) is 44.6 Å². The van der Waals surface area contributed by atoms with Crippen LogP contribution in [-0.2, 0) is 4.79 Å². The molecule has 1 aromatic carbocycles. The van der Waals surface area contributed by atoms with Crippen molar-refractivity contribution in [3.8, 4) is 11.5 Å². The van der Waals surface area contributed by atoms with E-state index in [2.05, 4.69) is 20.9 Å². The van der Waals surface area contributed by atoms with Crippen molar-refractivity contribution in [1.29, 1.82) is 0 Å². The quantitative estimate of drug-likeness (QED) is 0.325. The van der Waals surface area contributed by atoms with E-state index in [1.807, 2.05) is 10.1 Å². The number of phenols is 1. The van der Waals surface area contributed by atoms with E-state index in [9.17, 15) is 19.5 Å². The van der Waals surface area contributed by atoms with Gasteiger partial charge in [-0.2, -0.15) is 5.10 Å². The number of H-pyrrole nitrogens is 2. The SMILES string of the molecule is COc1ccc(/C=N/NC(=O)CNc2n[nH]c(=O)[nH]c2=O)cc1O. The highest BCUT2D eigenvalue weighted by atomic mass is 16.5. The highest BCUT2D eigenvalue weighted by Crippen LogP contribution is 2.25. The van der Waals surface area contributed by atoms with Crippen LogP contribution in [-0.4, -0.2) is 46.1 Å². The average Bonchev–Trinajstić information content (AvgIpc) is 2.54. The highest BCUT2D eigenvalue weighted by Gasteiger charge is 2.05. The maximum absolute atomic E-state index is 11.6. The number of methoxy groups -OCH3 is 1. The van der Waals surface area contributed by atoms with E-state index >= 15 is 0 Å². The Kier molecular flexibility index (Phi) is 5.28. The number of phenolic OH excluding ortho intramolecular Hbond substituents is 1. The van der Waals surface area contributed by atoms with E-state index in [1.54, 1.807) is 12.1 Å². The number of carbonyl (C=O) groups excluding carboxylic acids is 1. The van der Waals surface area contributed by atoms with Gasteiger partial charge in [-0.1, -0.05) is 0 Å². The molecule has 0 saturated carbocycles. The smallest absolute Gasteiger partial charge is 0.342 e. The molecule has 0 fully saturated rings. The van der Waals surface area contributed by atoms with Crippen molar-refractivity contribution in [3.63, 3.8) is 0 Å². The van der Waals surface area contributed by atoms with Gasteiger partial charge in [0.1, 0.15) is 0 Å². The number of nitrogens with one attached hydrogen (secondary N) is 4. The number of amides is 1. The van der Waals surface area contributed by atoms with Gasteiger partial charge in [-0.25, -0.2) is 15.3 Å². The van der Waals surface area contributed by atoms with Crippen molar-refractivity contribution in [2.24, 2.45) is 5.10 Å². The molecule has 11 heteroatoms. The lowest BCUT2D eigenvalue weighted by molar-refractivity contribution is -0.119. The van der Waals surface area contributed by atoms with Gasteiger partial charge < -0.3 is 15.2 Å². The summed E-state index contributed by atoms with van der Waals surface area (Å²) in [5, 5.41) is 21.2. The van der Waals surface area contributed by atoms with Crippen LogP contribution in [0.1, 0.15) is 5.56 Å². The van der Waals surface area contributed by atoms with E-state index < -0.39 is 17.2 Å². The standard InChI is InChI=1S/C13H14N6O5/c1-24-9-3-2-7(4-8(9)20)5-15-17-10(21)6-14-11-12(22)16-13(23)19-18-11/h2-5,20H,6H2,1H3,(H,14,18)(H,17,21)(H2,16,19,22,23)/b15-5+. The molecule has 24 heavy (non-hydrogen) atoms. The van der Waals surface area contributed by atoms with Crippen LogP contribution >= 0.6 is 0 Å². The number of hydrogen-bond donors (Lipinski definition) is 5. The molecule has 0 unspecified atom stereocenters. The normalized spacial score (nSPS) is 10.5. The molecular formula is C13H14N6O5. The Bertz CT molecular complexity index is 872. The third kappa shape index (κ3) is 4.43. The molecule has 1 amide bonds. The van der Waals surface area contributed by atoms with Crippen molar-refractivity contribution < 1.29 is 14.6 Å². The third-order valence-corrected chi connectivity index (χ3v) is 2.73. The van der Waals surface area contributed by atoms with Crippen LogP contribution in [0.4, 0.5) is 5.82 Å². The summed E-state index contributed by atoms with van der Waals surface area (Å²) >= 11 is 0. The molecule has 2 rings (SSSR count). The molecule has 5 N–H and O–H groups in total. The molecule has 0 aliphatic heterocycles. The minimum absolute atomic E-state index is 0.0576. The molecular weight excluding hydrogens is 320 g/mol. The first kappa shape index (κ1) is 16.7. The summed E-state index contributed by atoms with van der Waals surface area (Å²) in [6.45, 7) is -0.284. The summed E-state index contributed by atoms with van der Waals surface area (Å²) < 4.78 is 4.91. The van der Waals surface area contributed by atoms with Gasteiger partial charge in [-0.15, -0.1) is 5.10 Å². The number of rotatable bonds is 6. The number of hydrogen-bond acceptors (Lipinski definition) is 8. The Morgan fingerprint density at radius 2 is 2.25 bits per heavy atom. The third-order valence-electron chi connectivity index (χ3n) is 2.73. The average molecular weight is 334 g/mol. The Balaban J connectivity index is 1.87. The van der Waals surface area contributed by atoms with Crippen molar-refractivity contribution in [2.45, 2.75) is 0 Å². The molecule has 0 spiro atoms. The number of ether oxygens (including phenoxy) is 1. The lowest BCUT2D eigenvalue weighted by atomic mass is 10.2. The number of carbonyl (C=O) groups is 1. The van der Waals surface area contributed by atoms with E-state index in [4.69, 9.17) is 4.74 Å². The zero-order chi connectivity index (χ0) is 17.5. The zero-order valence-corrected chi connectivity index (χ0v) is 12.5. The Morgan fingerprint density at radius 1 is 1.46 bits per heavy atom. The number of nitrogens with zero attached hydrogens (tertiary/aromatic N) is 2. The maximum atomic E-state index is 11.6. The first-order chi connectivity index (χ1) is 11.5. The fraction of sp³-hybridized carbons (Fsp3) is 0.154. The summed E-state index contributed by atoms with van der Waals surface area (Å²) in [7, 11) is 1.43. The summed E-state index contributed by atoms with van der Waals surface area (Å²) in [6.07, 6.45) is 1.32. The minimum Gasteiger partial charge on any atom is -0.504 e. The van der Waals surface area contributed by atoms with E-state index in [-0.39, 0.29) is 18.1 Å². The number of aromatic hydroxyl groups is 1. The van der Waals surface area contributed by atoms with Crippen LogP contribution in [0.5, 0.6) is 11.5 Å². The second-order valence-electron chi connectivity index (χ2n) is 4.43. The summed E-state index contributed by atoms with van der Waals surface area (Å²) in [6, 6.07) is 4.60. The summed E-state index contributed by atoms with van der Waals surface area (Å²) in [5.74, 6) is -0.484. The highest BCUT2D eigenvalue weighted by molar-refractivity contribution is 5.84. The monoisotopic (exact) mass is 334 g/mol. The van der Waals surface area contributed by atoms with Gasteiger partial charge in [0.15, 0.2) is 11.5 Å². The van der Waals surface area contributed by atoms with E-state index in [0.29, 0.717) is 11.3 Å². The number of benzene rings is 1. The molecule has 0 radical (unpaired) electrons. The number of aromatic nitrogens is 3. The van der Waals surface area contributed by atoms with Gasteiger partial charge in [0.25, 0.3) is 11.5 Å². The van der Waals surface area contributed by atoms with Crippen LogP contribution in [0.3, 0.4) is 0 Å². The molecule has 1 aromatic heterocycles. The van der Waals surface area contributed by atoms with Gasteiger partial charge in [0.05, 0.1) is 19.9 Å². The van der Waals surface area contributed by atoms with Crippen LogP contribution < -0.4 is 26.7 Å². The largest absolute Gasteiger partial charge is 0.504 e. The van der Waals surface area contributed by atoms with E-state index in [0.717, 1.165) is 0 Å². The fourth-order valence-corrected chi connectivity index (χ4v) is 1.64. The van der Waals surface area contributed by atoms with Crippen LogP contribution in [0.25, 0.3) is 0 Å². The molecule has 0 aliphatic carbocycles. The van der Waals surface area contributed by atoms with E-state index in [1.165, 1.54) is 19.4 Å². The van der Waals surface area contributed by atoms with Gasteiger partial charge in [0, 0.05) is 0 Å². The molecule has 2 aromatic rings. The predicted molar refractivity (Wildman–Crippen MR) is 84.4 cm³/mol. The second-order valence-corrected chi connectivity index (χ2v) is 4.43. The molecule has 11 nitrogen and oxygen atoms in total. The molecule has 0 aliphatic rings. The lowest BCUT2D eigenvalue weighted by Gasteiger charge is -2.04. The topological polar surface area (TPSA) is 162 Å². The maximum Gasteiger partial charge on any atom is 0.342 e. The van der Waals surface area contributed by atoms with Crippen molar-refractivity contribution in [1.82, 2.24) is 20.6 Å². The Labute approximate surface area is 134 Å². The lowest BCUT2D eigenvalue weighted by Crippen LogP contribution is -2.31. The van der Waals surface area contributed by atoms with Gasteiger partial charge >= 0.3 is 5.69 Å². The zero-order valence-electron chi connectivity index (χ0n) is 12.5. The summed E-state index contributed by atoms with van der Waals surface area (Å²) in [4.78, 5) is 35.7. The number of aromatic amines is 2. The molecule has 0 bridgehead atoms. The first-order valence-electron chi connectivity index (χ1n) is 6.61. The first-order valence-corrected chi connectivity index (χ1v) is 6.61. The van der Waals surface area contributed by atoms with Crippen LogP contribution in [0, 0.1) is 0 Å². The molecule has 1 heterocycles. The van der Waals surface area contributed by atoms with Gasteiger partial charge in [-0.05, 0) is 23.8 Å².